The fourth-order valence-corrected chi connectivity index (χ4v) is 4.72. The Morgan fingerprint density at radius 1 is 1.19 bits per heavy atom. The summed E-state index contributed by atoms with van der Waals surface area (Å²) >= 11 is 0. The first-order valence-corrected chi connectivity index (χ1v) is 11.8. The number of fused-ring (bicyclic) bond motifs is 1. The van der Waals surface area contributed by atoms with Gasteiger partial charge in [-0.1, -0.05) is 24.1 Å². The van der Waals surface area contributed by atoms with E-state index in [9.17, 15) is 9.90 Å². The van der Waals surface area contributed by atoms with Crippen molar-refractivity contribution in [2.24, 2.45) is 11.5 Å². The molecule has 0 bridgehead atoms. The number of hydrogen-bond acceptors (Lipinski definition) is 8. The lowest BCUT2D eigenvalue weighted by Gasteiger charge is -2.41. The van der Waals surface area contributed by atoms with Gasteiger partial charge in [0, 0.05) is 37.1 Å². The molecule has 36 heavy (non-hydrogen) atoms. The molecule has 1 fully saturated rings. The average Bonchev–Trinajstić information content (AvgIpc) is 3.18. The fraction of sp³-hybridized carbons (Fsp3) is 0.296. The molecule has 0 aliphatic carbocycles. The van der Waals surface area contributed by atoms with Crippen LogP contribution in [0.3, 0.4) is 0 Å². The molecule has 0 saturated carbocycles. The molecule has 2 aliphatic rings. The third-order valence-electron chi connectivity index (χ3n) is 6.68. The number of carbonyl (C=O) groups excluding carboxylic acids is 1. The van der Waals surface area contributed by atoms with Crippen LogP contribution in [0.1, 0.15) is 46.2 Å². The number of rotatable bonds is 5. The number of benzene rings is 2. The third-order valence-corrected chi connectivity index (χ3v) is 6.68. The van der Waals surface area contributed by atoms with Gasteiger partial charge in [-0.2, -0.15) is 0 Å². The minimum atomic E-state index is -0.492. The summed E-state index contributed by atoms with van der Waals surface area (Å²) in [5, 5.41) is 9.94. The molecule has 9 nitrogen and oxygen atoms in total. The lowest BCUT2D eigenvalue weighted by atomic mass is 9.83. The van der Waals surface area contributed by atoms with Crippen molar-refractivity contribution >= 4 is 11.7 Å². The van der Waals surface area contributed by atoms with Gasteiger partial charge in [-0.05, 0) is 36.3 Å². The Morgan fingerprint density at radius 3 is 2.64 bits per heavy atom. The van der Waals surface area contributed by atoms with E-state index >= 15 is 0 Å². The van der Waals surface area contributed by atoms with Crippen molar-refractivity contribution in [1.29, 1.82) is 0 Å². The number of primary amides is 1. The number of ether oxygens (including phenoxy) is 2. The number of carbonyl (C=O) groups is 1. The maximum atomic E-state index is 11.1. The van der Waals surface area contributed by atoms with Gasteiger partial charge in [0.15, 0.2) is 5.82 Å². The Morgan fingerprint density at radius 2 is 1.94 bits per heavy atom. The summed E-state index contributed by atoms with van der Waals surface area (Å²) in [5.74, 6) is 7.40. The molecule has 3 heterocycles. The van der Waals surface area contributed by atoms with Crippen LogP contribution in [0.4, 0.5) is 5.82 Å². The topological polar surface area (TPSA) is 137 Å². The second-order valence-electron chi connectivity index (χ2n) is 8.83. The molecule has 1 aromatic heterocycles. The number of anilines is 1. The average molecular weight is 486 g/mol. The van der Waals surface area contributed by atoms with Gasteiger partial charge in [-0.15, -0.1) is 0 Å². The van der Waals surface area contributed by atoms with Crippen molar-refractivity contribution < 1.29 is 19.4 Å². The van der Waals surface area contributed by atoms with Gasteiger partial charge in [0.05, 0.1) is 18.8 Å². The monoisotopic (exact) mass is 485 g/mol. The van der Waals surface area contributed by atoms with Gasteiger partial charge < -0.3 is 30.9 Å². The number of nitrogens with two attached hydrogens (primary N) is 2. The zero-order valence-electron chi connectivity index (χ0n) is 19.7. The smallest absolute Gasteiger partial charge is 0.248 e. The van der Waals surface area contributed by atoms with E-state index < -0.39 is 11.5 Å². The predicted molar refractivity (Wildman–Crippen MR) is 133 cm³/mol. The number of hydrogen-bond donors (Lipinski definition) is 3. The van der Waals surface area contributed by atoms with E-state index in [0.717, 1.165) is 24.2 Å². The molecule has 5 N–H and O–H groups in total. The summed E-state index contributed by atoms with van der Waals surface area (Å²) in [4.78, 5) is 22.3. The van der Waals surface area contributed by atoms with Crippen molar-refractivity contribution in [3.8, 4) is 23.3 Å². The summed E-state index contributed by atoms with van der Waals surface area (Å²) < 4.78 is 11.9. The summed E-state index contributed by atoms with van der Waals surface area (Å²) in [6.45, 7) is 1.27. The minimum absolute atomic E-state index is 0.130. The largest absolute Gasteiger partial charge is 0.485 e. The second-order valence-corrected chi connectivity index (χ2v) is 8.83. The van der Waals surface area contributed by atoms with E-state index in [0.29, 0.717) is 41.6 Å². The SMILES string of the molecule is NC(=O)c1ccc(OCC#Cc2cnc(N3CCC4(CC3)Oc3ccccc3[C@H]4N)c(CO)n2)cc1. The zero-order chi connectivity index (χ0) is 25.1. The normalized spacial score (nSPS) is 17.6. The molecule has 5 rings (SSSR count). The molecule has 1 atom stereocenters. The van der Waals surface area contributed by atoms with Crippen LogP contribution in [0.15, 0.2) is 54.7 Å². The highest BCUT2D eigenvalue weighted by Gasteiger charge is 2.48. The molecule has 1 amide bonds. The van der Waals surface area contributed by atoms with Crippen LogP contribution in [0.2, 0.25) is 0 Å². The molecule has 2 aromatic carbocycles. The van der Waals surface area contributed by atoms with E-state index in [4.69, 9.17) is 20.9 Å². The van der Waals surface area contributed by atoms with Crippen LogP contribution in [-0.2, 0) is 6.61 Å². The summed E-state index contributed by atoms with van der Waals surface area (Å²) in [6, 6.07) is 14.3. The van der Waals surface area contributed by atoms with E-state index in [-0.39, 0.29) is 19.3 Å². The van der Waals surface area contributed by atoms with Gasteiger partial charge in [-0.3, -0.25) is 4.79 Å². The number of aromatic nitrogens is 2. The minimum Gasteiger partial charge on any atom is -0.485 e. The molecule has 184 valence electrons. The first kappa shape index (κ1) is 23.6. The highest BCUT2D eigenvalue weighted by Crippen LogP contribution is 2.47. The molecule has 1 spiro atoms. The van der Waals surface area contributed by atoms with E-state index in [1.54, 1.807) is 30.5 Å². The van der Waals surface area contributed by atoms with Gasteiger partial charge in [0.2, 0.25) is 5.91 Å². The second kappa shape index (κ2) is 9.85. The van der Waals surface area contributed by atoms with E-state index in [1.165, 1.54) is 0 Å². The Hall–Kier alpha value is -4.13. The first-order valence-electron chi connectivity index (χ1n) is 11.8. The maximum Gasteiger partial charge on any atom is 0.248 e. The Balaban J connectivity index is 1.21. The summed E-state index contributed by atoms with van der Waals surface area (Å²) in [5.41, 5.74) is 13.8. The lowest BCUT2D eigenvalue weighted by molar-refractivity contribution is 0.0430. The Labute approximate surface area is 209 Å². The van der Waals surface area contributed by atoms with Crippen molar-refractivity contribution in [3.05, 3.63) is 77.2 Å². The van der Waals surface area contributed by atoms with E-state index in [2.05, 4.69) is 26.7 Å². The Kier molecular flexibility index (Phi) is 6.46. The van der Waals surface area contributed by atoms with Crippen LogP contribution >= 0.6 is 0 Å². The van der Waals surface area contributed by atoms with Crippen molar-refractivity contribution in [2.45, 2.75) is 31.1 Å². The van der Waals surface area contributed by atoms with Crippen LogP contribution in [0.25, 0.3) is 0 Å². The Bertz CT molecular complexity index is 1320. The molecule has 3 aromatic rings. The number of amides is 1. The van der Waals surface area contributed by atoms with E-state index in [1.807, 2.05) is 24.3 Å². The standard InChI is InChI=1S/C27H27N5O4/c28-24-21-5-1-2-6-23(21)36-27(24)11-13-32(14-12-27)26-22(17-33)31-19(16-30-26)4-3-15-35-20-9-7-18(8-10-20)25(29)34/h1-2,5-10,16,24,33H,11-15,17,28H2,(H2,29,34)/t24-/m1/s1. The van der Waals surface area contributed by atoms with Gasteiger partial charge >= 0.3 is 0 Å². The first-order chi connectivity index (χ1) is 17.5. The van der Waals surface area contributed by atoms with Gasteiger partial charge in [0.1, 0.15) is 35.1 Å². The maximum absolute atomic E-state index is 11.1. The van der Waals surface area contributed by atoms with Crippen LogP contribution < -0.4 is 25.8 Å². The number of aliphatic hydroxyl groups excluding tert-OH is 1. The van der Waals surface area contributed by atoms with Crippen molar-refractivity contribution in [3.63, 3.8) is 0 Å². The molecule has 9 heteroatoms. The van der Waals surface area contributed by atoms with Crippen LogP contribution in [-0.4, -0.2) is 46.3 Å². The highest BCUT2D eigenvalue weighted by atomic mass is 16.5. The van der Waals surface area contributed by atoms with Gasteiger partial charge in [-0.25, -0.2) is 9.97 Å². The van der Waals surface area contributed by atoms with Crippen LogP contribution in [0, 0.1) is 11.8 Å². The van der Waals surface area contributed by atoms with Crippen molar-refractivity contribution in [2.75, 3.05) is 24.6 Å². The quantitative estimate of drug-likeness (QED) is 0.466. The molecule has 1 saturated heterocycles. The lowest BCUT2D eigenvalue weighted by Crippen LogP contribution is -2.51. The highest BCUT2D eigenvalue weighted by molar-refractivity contribution is 5.92. The molecule has 0 unspecified atom stereocenters. The van der Waals surface area contributed by atoms with Crippen molar-refractivity contribution in [1.82, 2.24) is 9.97 Å². The number of piperidine rings is 1. The molecular weight excluding hydrogens is 458 g/mol. The molecular formula is C27H27N5O4. The predicted octanol–water partition coefficient (Wildman–Crippen LogP) is 1.93. The summed E-state index contributed by atoms with van der Waals surface area (Å²) in [6.07, 6.45) is 3.09. The third kappa shape index (κ3) is 4.56. The summed E-state index contributed by atoms with van der Waals surface area (Å²) in [7, 11) is 0. The molecule has 0 radical (unpaired) electrons. The number of nitrogens with zero attached hydrogens (tertiary/aromatic N) is 3. The molecule has 2 aliphatic heterocycles. The fourth-order valence-electron chi connectivity index (χ4n) is 4.72. The van der Waals surface area contributed by atoms with Crippen LogP contribution in [0.5, 0.6) is 11.5 Å². The number of para-hydroxylation sites is 1. The zero-order valence-corrected chi connectivity index (χ0v) is 19.7. The number of aliphatic hydroxyl groups is 1. The van der Waals surface area contributed by atoms with Gasteiger partial charge in [0.25, 0.3) is 0 Å².